The van der Waals surface area contributed by atoms with Crippen LogP contribution in [-0.4, -0.2) is 25.8 Å². The molecule has 0 rings (SSSR count). The van der Waals surface area contributed by atoms with Crippen LogP contribution in [0.4, 0.5) is 0 Å². The van der Waals surface area contributed by atoms with E-state index in [1.54, 1.807) is 6.08 Å². The molecule has 0 aromatic rings. The maximum atomic E-state index is 9.60. The molecule has 0 atom stereocenters. The molecule has 0 fully saturated rings. The van der Waals surface area contributed by atoms with Crippen molar-refractivity contribution in [3.8, 4) is 0 Å². The predicted octanol–water partition coefficient (Wildman–Crippen LogP) is 0.911. The summed E-state index contributed by atoms with van der Waals surface area (Å²) >= 11 is 0. The van der Waals surface area contributed by atoms with Gasteiger partial charge in [-0.3, -0.25) is 0 Å². The van der Waals surface area contributed by atoms with Crippen LogP contribution in [0.5, 0.6) is 0 Å². The Bertz CT molecular complexity index is 208. The molecule has 0 heterocycles. The Kier molecular flexibility index (Phi) is 13.6. The van der Waals surface area contributed by atoms with Gasteiger partial charge in [0.2, 0.25) is 0 Å². The number of phosphoric acid groups is 1. The highest BCUT2D eigenvalue weighted by atomic mass is 31.2. The maximum Gasteiger partial charge on any atom is 0.466 e. The van der Waals surface area contributed by atoms with Gasteiger partial charge in [-0.15, -0.1) is 6.58 Å². The van der Waals surface area contributed by atoms with Gasteiger partial charge in [-0.2, -0.15) is 0 Å². The second-order valence-corrected chi connectivity index (χ2v) is 3.03. The molecule has 0 radical (unpaired) electrons. The molecule has 6 nitrogen and oxygen atoms in total. The molecule has 0 aromatic heterocycles. The first-order valence-corrected chi connectivity index (χ1v) is 4.86. The van der Waals surface area contributed by atoms with Gasteiger partial charge in [0.1, 0.15) is 0 Å². The van der Waals surface area contributed by atoms with Gasteiger partial charge < -0.3 is 19.8 Å². The second-order valence-electron chi connectivity index (χ2n) is 2.01. The van der Waals surface area contributed by atoms with E-state index in [0.29, 0.717) is 0 Å². The van der Waals surface area contributed by atoms with Crippen LogP contribution >= 0.6 is 7.82 Å². The molecule has 0 amide bonds. The fourth-order valence-corrected chi connectivity index (χ4v) is 0. The Morgan fingerprint density at radius 1 is 1.36 bits per heavy atom. The lowest BCUT2D eigenvalue weighted by Crippen LogP contribution is -1.92. The molecular weight excluding hydrogens is 211 g/mol. The lowest BCUT2D eigenvalue weighted by Gasteiger charge is -1.82. The van der Waals surface area contributed by atoms with Gasteiger partial charge in [-0.05, 0) is 13.8 Å². The number of carboxylic acid groups (broad SMARTS) is 1. The first-order valence-electron chi connectivity index (χ1n) is 3.30. The zero-order valence-electron chi connectivity index (χ0n) is 8.04. The van der Waals surface area contributed by atoms with Gasteiger partial charge in [-0.25, -0.2) is 9.36 Å². The highest BCUT2D eigenvalue weighted by Gasteiger charge is 2.00. The van der Waals surface area contributed by atoms with E-state index >= 15 is 0 Å². The minimum atomic E-state index is -4.64. The van der Waals surface area contributed by atoms with Crippen LogP contribution in [0.25, 0.3) is 0 Å². The Labute approximate surface area is 82.4 Å². The number of hydrogen-bond acceptors (Lipinski definition) is 2. The average molecular weight is 226 g/mol. The van der Waals surface area contributed by atoms with E-state index in [1.165, 1.54) is 6.92 Å². The Morgan fingerprint density at radius 3 is 1.43 bits per heavy atom. The van der Waals surface area contributed by atoms with Gasteiger partial charge in [0.05, 0.1) is 0 Å². The number of aliphatic carboxylic acids is 1. The monoisotopic (exact) mass is 226 g/mol. The first kappa shape index (κ1) is 18.8. The molecule has 0 bridgehead atoms. The van der Waals surface area contributed by atoms with E-state index < -0.39 is 13.8 Å². The van der Waals surface area contributed by atoms with Crippen molar-refractivity contribution in [2.75, 3.05) is 0 Å². The summed E-state index contributed by atoms with van der Waals surface area (Å²) in [5.74, 6) is -0.935. The summed E-state index contributed by atoms with van der Waals surface area (Å²) in [6.07, 6.45) is 1.75. The molecule has 7 heteroatoms. The topological polar surface area (TPSA) is 115 Å². The molecule has 0 spiro atoms. The van der Waals surface area contributed by atoms with Gasteiger partial charge in [0.25, 0.3) is 0 Å². The maximum absolute atomic E-state index is 9.60. The van der Waals surface area contributed by atoms with Crippen molar-refractivity contribution in [3.63, 3.8) is 0 Å². The summed E-state index contributed by atoms with van der Waals surface area (Å²) in [7, 11) is -4.64. The minimum absolute atomic E-state index is 0.176. The van der Waals surface area contributed by atoms with Crippen molar-refractivity contribution in [1.82, 2.24) is 0 Å². The van der Waals surface area contributed by atoms with Crippen LogP contribution in [0, 0.1) is 0 Å². The first-order chi connectivity index (χ1) is 6.06. The van der Waals surface area contributed by atoms with Crippen molar-refractivity contribution >= 4 is 13.8 Å². The zero-order valence-corrected chi connectivity index (χ0v) is 8.94. The molecule has 4 N–H and O–H groups in total. The van der Waals surface area contributed by atoms with Crippen LogP contribution in [0.15, 0.2) is 24.8 Å². The number of allylic oxidation sites excluding steroid dienone is 1. The molecule has 84 valence electrons. The van der Waals surface area contributed by atoms with E-state index in [1.807, 2.05) is 6.92 Å². The number of hydrogen-bond donors (Lipinski definition) is 4. The molecule has 0 aromatic carbocycles. The highest BCUT2D eigenvalue weighted by molar-refractivity contribution is 7.45. The van der Waals surface area contributed by atoms with Crippen LogP contribution in [0.3, 0.4) is 0 Å². The summed E-state index contributed by atoms with van der Waals surface area (Å²) in [4.78, 5) is 31.2. The third kappa shape index (κ3) is 120. The van der Waals surface area contributed by atoms with Crippen molar-refractivity contribution in [3.05, 3.63) is 24.8 Å². The van der Waals surface area contributed by atoms with Crippen LogP contribution in [-0.2, 0) is 9.36 Å². The van der Waals surface area contributed by atoms with Crippen LogP contribution in [0.2, 0.25) is 0 Å². The number of rotatable bonds is 1. The van der Waals surface area contributed by atoms with E-state index in [-0.39, 0.29) is 5.57 Å². The predicted molar refractivity (Wildman–Crippen MR) is 52.6 cm³/mol. The fraction of sp³-hybridized carbons (Fsp3) is 0.286. The van der Waals surface area contributed by atoms with E-state index in [4.69, 9.17) is 24.4 Å². The van der Waals surface area contributed by atoms with Gasteiger partial charge in [0, 0.05) is 5.57 Å². The summed E-state index contributed by atoms with van der Waals surface area (Å²) in [5, 5.41) is 7.89. The lowest BCUT2D eigenvalue weighted by molar-refractivity contribution is -0.132. The largest absolute Gasteiger partial charge is 0.478 e. The summed E-state index contributed by atoms with van der Waals surface area (Å²) < 4.78 is 8.88. The van der Waals surface area contributed by atoms with Crippen molar-refractivity contribution in [1.29, 1.82) is 0 Å². The number of carboxylic acids is 1. The SMILES string of the molecule is C=C(C)C(=O)O.C=CC.O=P(O)(O)O. The van der Waals surface area contributed by atoms with E-state index in [2.05, 4.69) is 13.2 Å². The lowest BCUT2D eigenvalue weighted by atomic mass is 10.4. The minimum Gasteiger partial charge on any atom is -0.478 e. The Morgan fingerprint density at radius 2 is 1.43 bits per heavy atom. The molecule has 0 aliphatic carbocycles. The molecule has 14 heavy (non-hydrogen) atoms. The molecular formula is C7H15O6P. The molecule has 0 saturated heterocycles. The Balaban J connectivity index is -0.000000138. The molecule has 0 saturated carbocycles. The fourth-order valence-electron chi connectivity index (χ4n) is 0. The Hall–Kier alpha value is -0.940. The smallest absolute Gasteiger partial charge is 0.466 e. The normalized spacial score (nSPS) is 8.36. The second kappa shape index (κ2) is 10.1. The zero-order chi connectivity index (χ0) is 12.4. The number of carbonyl (C=O) groups is 1. The molecule has 0 aliphatic rings. The van der Waals surface area contributed by atoms with E-state index in [0.717, 1.165) is 0 Å². The summed E-state index contributed by atoms with van der Waals surface area (Å²) in [6, 6.07) is 0. The van der Waals surface area contributed by atoms with Gasteiger partial charge >= 0.3 is 13.8 Å². The summed E-state index contributed by atoms with van der Waals surface area (Å²) in [5.41, 5.74) is 0.176. The van der Waals surface area contributed by atoms with Crippen molar-refractivity contribution < 1.29 is 29.1 Å². The third-order valence-corrected chi connectivity index (χ3v) is 0.365. The van der Waals surface area contributed by atoms with Gasteiger partial charge in [-0.1, -0.05) is 12.7 Å². The summed E-state index contributed by atoms with van der Waals surface area (Å²) in [6.45, 7) is 9.85. The average Bonchev–Trinajstić information content (AvgIpc) is 1.84. The quantitative estimate of drug-likeness (QED) is 0.300. The van der Waals surface area contributed by atoms with Crippen molar-refractivity contribution in [2.45, 2.75) is 13.8 Å². The highest BCUT2D eigenvalue weighted by Crippen LogP contribution is 2.25. The van der Waals surface area contributed by atoms with Crippen LogP contribution < -0.4 is 0 Å². The van der Waals surface area contributed by atoms with Gasteiger partial charge in [0.15, 0.2) is 0 Å². The van der Waals surface area contributed by atoms with E-state index in [9.17, 15) is 4.79 Å². The molecule has 0 unspecified atom stereocenters. The standard InChI is InChI=1S/C4H6O2.C3H6.H3O4P/c1-3(2)4(5)6;1-3-2;1-5(2,3)4/h1H2,2H3,(H,5,6);3H,1H2,2H3;(H3,1,2,3,4). The molecule has 0 aliphatic heterocycles. The third-order valence-electron chi connectivity index (χ3n) is 0.365. The van der Waals surface area contributed by atoms with Crippen molar-refractivity contribution in [2.24, 2.45) is 0 Å². The van der Waals surface area contributed by atoms with Crippen LogP contribution in [0.1, 0.15) is 13.8 Å².